The van der Waals surface area contributed by atoms with Gasteiger partial charge in [-0.05, 0) is 70.6 Å². The van der Waals surface area contributed by atoms with Crippen LogP contribution < -0.4 is 5.32 Å². The summed E-state index contributed by atoms with van der Waals surface area (Å²) in [7, 11) is 0. The highest BCUT2D eigenvalue weighted by molar-refractivity contribution is 5.76. The zero-order chi connectivity index (χ0) is 55.8. The Labute approximate surface area is 473 Å². The molecule has 9 nitrogen and oxygen atoms in total. The summed E-state index contributed by atoms with van der Waals surface area (Å²) in [5.41, 5.74) is 0. The third kappa shape index (κ3) is 45.8. The van der Waals surface area contributed by atoms with E-state index in [2.05, 4.69) is 92.1 Å². The lowest BCUT2D eigenvalue weighted by molar-refractivity contribution is -0.302. The van der Waals surface area contributed by atoms with Crippen molar-refractivity contribution in [3.63, 3.8) is 0 Å². The minimum absolute atomic E-state index is 0.186. The van der Waals surface area contributed by atoms with Gasteiger partial charge in [0.15, 0.2) is 6.29 Å². The Morgan fingerprint density at radius 1 is 0.455 bits per heavy atom. The maximum atomic E-state index is 13.1. The van der Waals surface area contributed by atoms with E-state index in [1.54, 1.807) is 6.08 Å². The monoisotopic (exact) mass is 1080 g/mol. The number of ether oxygens (including phenoxy) is 2. The van der Waals surface area contributed by atoms with Gasteiger partial charge in [-0.25, -0.2) is 0 Å². The van der Waals surface area contributed by atoms with Gasteiger partial charge in [0.1, 0.15) is 24.4 Å². The van der Waals surface area contributed by atoms with Gasteiger partial charge in [0, 0.05) is 6.42 Å². The number of aliphatic hydroxyl groups excluding tert-OH is 5. The van der Waals surface area contributed by atoms with Crippen LogP contribution in [-0.4, -0.2) is 87.5 Å². The minimum Gasteiger partial charge on any atom is -0.394 e. The summed E-state index contributed by atoms with van der Waals surface area (Å²) in [6, 6.07) is -0.817. The SMILES string of the molecule is CC/C=C\C/C=C\C/C=C\C/C=C\C/C=C\C/C=C\CCCCCCCCCCC(=O)NC(COC1OC(CO)C(O)C(O)C1O)C(O)/C=C/CCCCCCCCCCCCCCCCCCCCCCCCCCC. The molecule has 0 aromatic rings. The van der Waals surface area contributed by atoms with Crippen molar-refractivity contribution in [2.75, 3.05) is 13.2 Å². The van der Waals surface area contributed by atoms with Crippen LogP contribution in [-0.2, 0) is 14.3 Å². The molecule has 77 heavy (non-hydrogen) atoms. The smallest absolute Gasteiger partial charge is 0.220 e. The van der Waals surface area contributed by atoms with Crippen LogP contribution in [0, 0.1) is 0 Å². The van der Waals surface area contributed by atoms with Crippen LogP contribution in [0.15, 0.2) is 85.1 Å². The molecule has 1 aliphatic rings. The number of allylic oxidation sites excluding steroid dienone is 13. The van der Waals surface area contributed by atoms with Crippen molar-refractivity contribution < 1.29 is 39.8 Å². The molecule has 7 unspecified atom stereocenters. The fraction of sp³-hybridized carbons (Fsp3) is 0.779. The Morgan fingerprint density at radius 2 is 0.805 bits per heavy atom. The maximum Gasteiger partial charge on any atom is 0.220 e. The van der Waals surface area contributed by atoms with E-state index in [0.717, 1.165) is 89.9 Å². The Bertz CT molecular complexity index is 1490. The molecule has 0 radical (unpaired) electrons. The number of amides is 1. The van der Waals surface area contributed by atoms with Gasteiger partial charge >= 0.3 is 0 Å². The quantitative estimate of drug-likeness (QED) is 0.0261. The largest absolute Gasteiger partial charge is 0.394 e. The van der Waals surface area contributed by atoms with Crippen LogP contribution in [0.2, 0.25) is 0 Å². The predicted octanol–water partition coefficient (Wildman–Crippen LogP) is 17.0. The third-order valence-electron chi connectivity index (χ3n) is 15.0. The van der Waals surface area contributed by atoms with Crippen molar-refractivity contribution >= 4 is 5.91 Å². The van der Waals surface area contributed by atoms with E-state index in [-0.39, 0.29) is 12.5 Å². The molecule has 1 fully saturated rings. The minimum atomic E-state index is -1.57. The maximum absolute atomic E-state index is 13.1. The molecule has 1 rings (SSSR count). The van der Waals surface area contributed by atoms with E-state index >= 15 is 0 Å². The summed E-state index contributed by atoms with van der Waals surface area (Å²) < 4.78 is 11.3. The summed E-state index contributed by atoms with van der Waals surface area (Å²) in [5.74, 6) is -0.186. The van der Waals surface area contributed by atoms with Crippen LogP contribution in [0.1, 0.15) is 284 Å². The van der Waals surface area contributed by atoms with E-state index in [9.17, 15) is 30.3 Å². The van der Waals surface area contributed by atoms with Gasteiger partial charge in [-0.3, -0.25) is 4.79 Å². The Morgan fingerprint density at radius 3 is 1.19 bits per heavy atom. The average molecular weight is 1080 g/mol. The molecule has 446 valence electrons. The molecule has 9 heteroatoms. The molecule has 6 N–H and O–H groups in total. The first-order valence-corrected chi connectivity index (χ1v) is 32.3. The first kappa shape index (κ1) is 72.4. The van der Waals surface area contributed by atoms with Crippen LogP contribution >= 0.6 is 0 Å². The number of unbranched alkanes of at least 4 members (excludes halogenated alkanes) is 33. The fourth-order valence-electron chi connectivity index (χ4n) is 9.93. The zero-order valence-electron chi connectivity index (χ0n) is 49.7. The molecule has 7 atom stereocenters. The highest BCUT2D eigenvalue weighted by Gasteiger charge is 2.44. The summed E-state index contributed by atoms with van der Waals surface area (Å²) in [5, 5.41) is 54.7. The van der Waals surface area contributed by atoms with Gasteiger partial charge in [0.2, 0.25) is 5.91 Å². The van der Waals surface area contributed by atoms with Crippen LogP contribution in [0.3, 0.4) is 0 Å². The van der Waals surface area contributed by atoms with E-state index < -0.39 is 49.5 Å². The predicted molar refractivity (Wildman–Crippen MR) is 327 cm³/mol. The Kier molecular flexibility index (Phi) is 53.2. The van der Waals surface area contributed by atoms with Crippen LogP contribution in [0.4, 0.5) is 0 Å². The summed E-state index contributed by atoms with van der Waals surface area (Å²) >= 11 is 0. The molecule has 0 aliphatic carbocycles. The second kappa shape index (κ2) is 56.6. The summed E-state index contributed by atoms with van der Waals surface area (Å²) in [6.07, 6.45) is 73.7. The second-order valence-corrected chi connectivity index (χ2v) is 22.2. The molecule has 1 heterocycles. The van der Waals surface area contributed by atoms with Crippen molar-refractivity contribution in [3.8, 4) is 0 Å². The van der Waals surface area contributed by atoms with E-state index in [4.69, 9.17) is 9.47 Å². The Balaban J connectivity index is 2.20. The van der Waals surface area contributed by atoms with Crippen molar-refractivity contribution in [2.45, 2.75) is 326 Å². The highest BCUT2D eigenvalue weighted by Crippen LogP contribution is 2.23. The fourth-order valence-corrected chi connectivity index (χ4v) is 9.93. The molecule has 0 aromatic heterocycles. The van der Waals surface area contributed by atoms with Crippen molar-refractivity contribution in [1.29, 1.82) is 0 Å². The van der Waals surface area contributed by atoms with Gasteiger partial charge in [-0.15, -0.1) is 0 Å². The molecule has 0 spiro atoms. The lowest BCUT2D eigenvalue weighted by atomic mass is 9.99. The number of carbonyl (C=O) groups excluding carboxylic acids is 1. The molecule has 0 aromatic carbocycles. The molecular weight excluding hydrogens is 959 g/mol. The van der Waals surface area contributed by atoms with Gasteiger partial charge in [0.05, 0.1) is 25.4 Å². The number of hydrogen-bond acceptors (Lipinski definition) is 8. The van der Waals surface area contributed by atoms with Gasteiger partial charge in [-0.2, -0.15) is 0 Å². The van der Waals surface area contributed by atoms with Crippen LogP contribution in [0.5, 0.6) is 0 Å². The molecule has 1 amide bonds. The first-order valence-electron chi connectivity index (χ1n) is 32.3. The van der Waals surface area contributed by atoms with Crippen molar-refractivity contribution in [3.05, 3.63) is 85.1 Å². The van der Waals surface area contributed by atoms with E-state index in [0.29, 0.717) is 6.42 Å². The number of aliphatic hydroxyl groups is 5. The lowest BCUT2D eigenvalue weighted by Crippen LogP contribution is -2.60. The molecule has 1 saturated heterocycles. The molecular formula is C68H121NO8. The van der Waals surface area contributed by atoms with Gasteiger partial charge in [0.25, 0.3) is 0 Å². The molecule has 1 aliphatic heterocycles. The third-order valence-corrected chi connectivity index (χ3v) is 15.0. The second-order valence-electron chi connectivity index (χ2n) is 22.2. The first-order chi connectivity index (χ1) is 37.8. The van der Waals surface area contributed by atoms with Crippen molar-refractivity contribution in [1.82, 2.24) is 5.32 Å². The number of rotatable bonds is 55. The lowest BCUT2D eigenvalue weighted by Gasteiger charge is -2.40. The average Bonchev–Trinajstić information content (AvgIpc) is 3.43. The number of carbonyl (C=O) groups is 1. The zero-order valence-corrected chi connectivity index (χ0v) is 49.7. The number of nitrogens with one attached hydrogen (secondary N) is 1. The number of hydrogen-bond donors (Lipinski definition) is 6. The van der Waals surface area contributed by atoms with Crippen LogP contribution in [0.25, 0.3) is 0 Å². The van der Waals surface area contributed by atoms with Crippen molar-refractivity contribution in [2.24, 2.45) is 0 Å². The standard InChI is InChI=1S/C68H121NO8/c1-3-5-7-9-11-13-15-17-19-21-23-25-27-29-31-33-35-37-39-41-43-45-47-49-51-53-55-57-62(71)61(60-76-68-67(75)66(74)65(73)63(59-70)77-68)69-64(72)58-56-54-52-50-48-46-44-42-40-38-36-34-32-30-28-26-24-22-20-18-16-14-12-10-8-6-4-2/h6,8,12,14,18,20,24,26,30,32,36,38,55,57,61-63,65-68,70-71,73-75H,3-5,7,9-11,13,15-17,19,21-23,25,27-29,31,33-35,37,39-54,56,58-60H2,1-2H3,(H,69,72)/b8-6-,14-12-,20-18-,26-24-,32-30-,38-36-,57-55+. The van der Waals surface area contributed by atoms with Gasteiger partial charge in [-0.1, -0.05) is 292 Å². The van der Waals surface area contributed by atoms with Gasteiger partial charge < -0.3 is 40.3 Å². The molecule has 0 bridgehead atoms. The van der Waals surface area contributed by atoms with E-state index in [1.807, 2.05) is 6.08 Å². The highest BCUT2D eigenvalue weighted by atomic mass is 16.7. The normalized spacial score (nSPS) is 19.3. The molecule has 0 saturated carbocycles. The Hall–Kier alpha value is -2.63. The summed E-state index contributed by atoms with van der Waals surface area (Å²) in [4.78, 5) is 13.1. The van der Waals surface area contributed by atoms with E-state index in [1.165, 1.54) is 173 Å². The topological polar surface area (TPSA) is 149 Å². The summed E-state index contributed by atoms with van der Waals surface area (Å²) in [6.45, 7) is 3.69.